The molecule has 0 radical (unpaired) electrons. The topological polar surface area (TPSA) is 0 Å². The average Bonchev–Trinajstić information content (AvgIpc) is 1.72. The molecule has 0 aliphatic heterocycles. The number of rotatable bonds is 3. The molecule has 44 valence electrons. The Morgan fingerprint density at radius 3 is 1.14 bits per heavy atom. The molecule has 0 aliphatic rings. The van der Waals surface area contributed by atoms with Crippen LogP contribution in [0.1, 0.15) is 0 Å². The minimum Gasteiger partial charge on any atom is 0.0341 e. The Bertz CT molecular complexity index is 28.4. The van der Waals surface area contributed by atoms with Crippen molar-refractivity contribution in [1.82, 2.24) is 0 Å². The predicted molar refractivity (Wildman–Crippen MR) is 47.9 cm³/mol. The Morgan fingerprint density at radius 2 is 1.14 bits per heavy atom. The lowest BCUT2D eigenvalue weighted by atomic mass is 12.0. The standard InChI is InChI=1S/C3H9S4/c1-4-7(5-2)6-3/h1-3H3/q+1. The fourth-order valence-corrected chi connectivity index (χ4v) is 5.51. The first-order chi connectivity index (χ1) is 3.35. The van der Waals surface area contributed by atoms with Crippen molar-refractivity contribution in [2.75, 3.05) is 18.8 Å². The van der Waals surface area contributed by atoms with Gasteiger partial charge in [-0.15, -0.1) is 0 Å². The van der Waals surface area contributed by atoms with Crippen molar-refractivity contribution in [3.8, 4) is 0 Å². The highest BCUT2D eigenvalue weighted by atomic mass is 33.8. The molecule has 0 aromatic rings. The zero-order chi connectivity index (χ0) is 5.70. The van der Waals surface area contributed by atoms with Gasteiger partial charge in [0.25, 0.3) is 0 Å². The van der Waals surface area contributed by atoms with E-state index >= 15 is 0 Å². The highest BCUT2D eigenvalue weighted by molar-refractivity contribution is 9.30. The van der Waals surface area contributed by atoms with Crippen LogP contribution in [0.15, 0.2) is 0 Å². The molecule has 0 nitrogen and oxygen atoms in total. The lowest BCUT2D eigenvalue weighted by molar-refractivity contribution is 2.53. The molecule has 0 unspecified atom stereocenters. The molecule has 0 rings (SSSR count). The van der Waals surface area contributed by atoms with Crippen molar-refractivity contribution in [2.24, 2.45) is 0 Å². The SMILES string of the molecule is CS[S+](SC)SC. The molecule has 0 bridgehead atoms. The highest BCUT2D eigenvalue weighted by Gasteiger charge is 2.14. The van der Waals surface area contributed by atoms with E-state index in [-0.39, 0.29) is 0 Å². The molecule has 4 heteroatoms. The van der Waals surface area contributed by atoms with Crippen LogP contribution in [0.4, 0.5) is 0 Å². The molecule has 0 saturated carbocycles. The van der Waals surface area contributed by atoms with Gasteiger partial charge in [0.15, 0.2) is 7.99 Å². The Balaban J connectivity index is 2.99. The molecule has 0 aromatic carbocycles. The van der Waals surface area contributed by atoms with Gasteiger partial charge in [0.2, 0.25) is 0 Å². The first-order valence-electron chi connectivity index (χ1n) is 1.72. The van der Waals surface area contributed by atoms with Crippen LogP contribution >= 0.6 is 32.4 Å². The number of hydrogen-bond donors (Lipinski definition) is 0. The smallest absolute Gasteiger partial charge is 0.0341 e. The summed E-state index contributed by atoms with van der Waals surface area (Å²) in [5, 5.41) is 0. The summed E-state index contributed by atoms with van der Waals surface area (Å²) in [6, 6.07) is 0. The van der Waals surface area contributed by atoms with Crippen molar-refractivity contribution >= 4 is 40.4 Å². The molecule has 0 heterocycles. The van der Waals surface area contributed by atoms with E-state index in [0.29, 0.717) is 7.99 Å². The van der Waals surface area contributed by atoms with Gasteiger partial charge in [-0.05, 0) is 0 Å². The van der Waals surface area contributed by atoms with Crippen LogP contribution in [0.25, 0.3) is 0 Å². The minimum atomic E-state index is 0.505. The van der Waals surface area contributed by atoms with Crippen LogP contribution in [0.3, 0.4) is 0 Å². The molecule has 0 saturated heterocycles. The van der Waals surface area contributed by atoms with Gasteiger partial charge in [-0.1, -0.05) is 0 Å². The summed E-state index contributed by atoms with van der Waals surface area (Å²) < 4.78 is 0. The molecule has 0 atom stereocenters. The summed E-state index contributed by atoms with van der Waals surface area (Å²) in [5.74, 6) is 0. The fourth-order valence-electron chi connectivity index (χ4n) is 0.204. The summed E-state index contributed by atoms with van der Waals surface area (Å²) in [6.45, 7) is 0. The maximum Gasteiger partial charge on any atom is 0.196 e. The van der Waals surface area contributed by atoms with Crippen LogP contribution < -0.4 is 0 Å². The summed E-state index contributed by atoms with van der Waals surface area (Å²) in [5.41, 5.74) is 0. The third-order valence-electron chi connectivity index (χ3n) is 0.408. The molecule has 0 aromatic heterocycles. The predicted octanol–water partition coefficient (Wildman–Crippen LogP) is 2.44. The van der Waals surface area contributed by atoms with Crippen molar-refractivity contribution < 1.29 is 0 Å². The zero-order valence-electron chi connectivity index (χ0n) is 4.63. The highest BCUT2D eigenvalue weighted by Crippen LogP contribution is 2.33. The fraction of sp³-hybridized carbons (Fsp3) is 1.00. The second-order valence-electron chi connectivity index (χ2n) is 0.704. The van der Waals surface area contributed by atoms with E-state index < -0.39 is 0 Å². The lowest BCUT2D eigenvalue weighted by Crippen LogP contribution is -1.73. The van der Waals surface area contributed by atoms with Crippen LogP contribution in [0.5, 0.6) is 0 Å². The van der Waals surface area contributed by atoms with Crippen molar-refractivity contribution in [3.63, 3.8) is 0 Å². The molecule has 0 N–H and O–H groups in total. The molecule has 0 fully saturated rings. The zero-order valence-corrected chi connectivity index (χ0v) is 7.90. The Morgan fingerprint density at radius 1 is 0.857 bits per heavy atom. The Hall–Kier alpha value is 1.40. The van der Waals surface area contributed by atoms with Crippen molar-refractivity contribution in [3.05, 3.63) is 0 Å². The van der Waals surface area contributed by atoms with E-state index in [9.17, 15) is 0 Å². The lowest BCUT2D eigenvalue weighted by Gasteiger charge is -1.86. The third kappa shape index (κ3) is 3.94. The van der Waals surface area contributed by atoms with E-state index in [4.69, 9.17) is 0 Å². The van der Waals surface area contributed by atoms with Gasteiger partial charge in [-0.3, -0.25) is 0 Å². The van der Waals surface area contributed by atoms with Gasteiger partial charge >= 0.3 is 0 Å². The van der Waals surface area contributed by atoms with Crippen molar-refractivity contribution in [1.29, 1.82) is 0 Å². The summed E-state index contributed by atoms with van der Waals surface area (Å²) in [6.07, 6.45) is 6.45. The van der Waals surface area contributed by atoms with E-state index in [1.807, 2.05) is 32.4 Å². The van der Waals surface area contributed by atoms with Gasteiger partial charge < -0.3 is 0 Å². The Labute approximate surface area is 59.1 Å². The first kappa shape index (κ1) is 8.40. The second-order valence-corrected chi connectivity index (χ2v) is 10.0. The summed E-state index contributed by atoms with van der Waals surface area (Å²) in [4.78, 5) is 0. The quantitative estimate of drug-likeness (QED) is 0.475. The summed E-state index contributed by atoms with van der Waals surface area (Å²) in [7, 11) is 6.28. The van der Waals surface area contributed by atoms with Gasteiger partial charge in [-0.2, -0.15) is 0 Å². The molecule has 0 aliphatic carbocycles. The van der Waals surface area contributed by atoms with Gasteiger partial charge in [0, 0.05) is 18.8 Å². The second kappa shape index (κ2) is 5.54. The van der Waals surface area contributed by atoms with Crippen LogP contribution in [0, 0.1) is 0 Å². The summed E-state index contributed by atoms with van der Waals surface area (Å²) >= 11 is 0. The minimum absolute atomic E-state index is 0.505. The maximum atomic E-state index is 2.15. The molecule has 7 heavy (non-hydrogen) atoms. The van der Waals surface area contributed by atoms with Crippen LogP contribution in [0.2, 0.25) is 0 Å². The van der Waals surface area contributed by atoms with E-state index in [1.165, 1.54) is 0 Å². The van der Waals surface area contributed by atoms with Crippen molar-refractivity contribution in [2.45, 2.75) is 0 Å². The average molecular weight is 173 g/mol. The largest absolute Gasteiger partial charge is 0.196 e. The van der Waals surface area contributed by atoms with E-state index in [0.717, 1.165) is 0 Å². The monoisotopic (exact) mass is 173 g/mol. The van der Waals surface area contributed by atoms with E-state index in [1.54, 1.807) is 0 Å². The normalized spacial score (nSPS) is 10.3. The molecule has 0 amide bonds. The van der Waals surface area contributed by atoms with Gasteiger partial charge in [0.1, 0.15) is 32.4 Å². The van der Waals surface area contributed by atoms with Gasteiger partial charge in [-0.25, -0.2) is 0 Å². The molecular weight excluding hydrogens is 164 g/mol. The first-order valence-corrected chi connectivity index (χ1v) is 8.17. The van der Waals surface area contributed by atoms with E-state index in [2.05, 4.69) is 18.8 Å². The Kier molecular flexibility index (Phi) is 6.64. The third-order valence-corrected chi connectivity index (χ3v) is 11.0. The molecule has 0 spiro atoms. The number of hydrogen-bond acceptors (Lipinski definition) is 3. The van der Waals surface area contributed by atoms with Crippen LogP contribution in [-0.2, 0) is 7.99 Å². The van der Waals surface area contributed by atoms with Crippen LogP contribution in [-0.4, -0.2) is 18.8 Å². The maximum absolute atomic E-state index is 2.15. The van der Waals surface area contributed by atoms with Gasteiger partial charge in [0.05, 0.1) is 0 Å². The molecular formula is C3H9S4+.